The molecule has 5 rings (SSSR count). The molecule has 3 heterocycles. The Morgan fingerprint density at radius 1 is 1.00 bits per heavy atom. The summed E-state index contributed by atoms with van der Waals surface area (Å²) in [5.41, 5.74) is 3.57. The zero-order valence-corrected chi connectivity index (χ0v) is 18.2. The average molecular weight is 466 g/mol. The van der Waals surface area contributed by atoms with Gasteiger partial charge in [0.15, 0.2) is 0 Å². The number of aryl methyl sites for hydroxylation is 1. The van der Waals surface area contributed by atoms with Gasteiger partial charge in [0.25, 0.3) is 5.56 Å². The van der Waals surface area contributed by atoms with E-state index in [1.165, 1.54) is 11.6 Å². The van der Waals surface area contributed by atoms with Crippen LogP contribution in [0.4, 0.5) is 0 Å². The Morgan fingerprint density at radius 3 is 2.50 bits per heavy atom. The molecule has 30 heavy (non-hydrogen) atoms. The Labute approximate surface area is 181 Å². The smallest absolute Gasteiger partial charge is 0.331 e. The quantitative estimate of drug-likeness (QED) is 0.454. The molecule has 0 N–H and O–H groups in total. The van der Waals surface area contributed by atoms with Gasteiger partial charge < -0.3 is 9.30 Å². The van der Waals surface area contributed by atoms with Crippen molar-refractivity contribution in [2.75, 3.05) is 6.61 Å². The van der Waals surface area contributed by atoms with Crippen LogP contribution in [-0.2, 0) is 25.4 Å². The molecule has 0 fully saturated rings. The first-order chi connectivity index (χ1) is 14.5. The Balaban J connectivity index is 1.97. The Morgan fingerprint density at radius 2 is 1.77 bits per heavy atom. The molecule has 0 bridgehead atoms. The molecule has 0 saturated carbocycles. The molecule has 6 nitrogen and oxygen atoms in total. The summed E-state index contributed by atoms with van der Waals surface area (Å²) >= 11 is 3.54. The molecular weight excluding hydrogens is 446 g/mol. The fourth-order valence-electron chi connectivity index (χ4n) is 4.40. The minimum Gasteiger partial charge on any atom is -0.365 e. The van der Waals surface area contributed by atoms with Crippen molar-refractivity contribution in [3.05, 3.63) is 91.2 Å². The van der Waals surface area contributed by atoms with Crippen LogP contribution < -0.4 is 11.2 Å². The van der Waals surface area contributed by atoms with Crippen molar-refractivity contribution in [1.82, 2.24) is 13.7 Å². The second kappa shape index (κ2) is 7.11. The highest BCUT2D eigenvalue weighted by atomic mass is 79.9. The fraction of sp³-hybridized carbons (Fsp3) is 0.217. The number of hydrogen-bond donors (Lipinski definition) is 0. The van der Waals surface area contributed by atoms with E-state index >= 15 is 0 Å². The van der Waals surface area contributed by atoms with Crippen LogP contribution in [0.2, 0.25) is 0 Å². The summed E-state index contributed by atoms with van der Waals surface area (Å²) < 4.78 is 12.0. The van der Waals surface area contributed by atoms with Crippen molar-refractivity contribution in [1.29, 1.82) is 0 Å². The molecule has 0 amide bonds. The zero-order chi connectivity index (χ0) is 21.0. The number of aromatic nitrogens is 3. The average Bonchev–Trinajstić information content (AvgIpc) is 3.12. The summed E-state index contributed by atoms with van der Waals surface area (Å²) in [6.07, 6.45) is -0.360. The Bertz CT molecular complexity index is 1400. The van der Waals surface area contributed by atoms with E-state index in [9.17, 15) is 9.59 Å². The van der Waals surface area contributed by atoms with Crippen LogP contribution in [0.25, 0.3) is 22.2 Å². The highest BCUT2D eigenvalue weighted by Crippen LogP contribution is 2.40. The molecular formula is C23H20BrN3O3. The third-order valence-corrected chi connectivity index (χ3v) is 6.25. The first kappa shape index (κ1) is 19.1. The third kappa shape index (κ3) is 2.73. The maximum Gasteiger partial charge on any atom is 0.331 e. The summed E-state index contributed by atoms with van der Waals surface area (Å²) in [6, 6.07) is 17.8. The zero-order valence-electron chi connectivity index (χ0n) is 16.6. The lowest BCUT2D eigenvalue weighted by Crippen LogP contribution is -2.37. The number of fused-ring (bicyclic) bond motifs is 3. The minimum absolute atomic E-state index is 0.295. The summed E-state index contributed by atoms with van der Waals surface area (Å²) in [4.78, 5) is 26.1. The van der Waals surface area contributed by atoms with Crippen LogP contribution in [0.5, 0.6) is 0 Å². The van der Waals surface area contributed by atoms with Crippen molar-refractivity contribution >= 4 is 26.8 Å². The summed E-state index contributed by atoms with van der Waals surface area (Å²) in [5, 5.41) is 0.541. The number of rotatable bonds is 2. The van der Waals surface area contributed by atoms with Gasteiger partial charge in [-0.05, 0) is 17.7 Å². The van der Waals surface area contributed by atoms with Gasteiger partial charge in [0.1, 0.15) is 6.10 Å². The number of benzene rings is 2. The molecule has 7 heteroatoms. The normalized spacial score (nSPS) is 16.0. The lowest BCUT2D eigenvalue weighted by Gasteiger charge is -2.27. The van der Waals surface area contributed by atoms with Gasteiger partial charge >= 0.3 is 5.69 Å². The predicted octanol–water partition coefficient (Wildman–Crippen LogP) is 3.59. The molecule has 152 valence electrons. The maximum absolute atomic E-state index is 13.3. The number of ether oxygens (including phenoxy) is 1. The highest BCUT2D eigenvalue weighted by Gasteiger charge is 2.32. The largest absolute Gasteiger partial charge is 0.365 e. The van der Waals surface area contributed by atoms with E-state index in [4.69, 9.17) is 4.74 Å². The standard InChI is InChI=1S/C23H20BrN3O3/c1-25-19-17(22(28)26(2)23(25)29)18(15-9-6-10-16(24)13-15)27-11-12-30-21(20(19)27)14-7-4-3-5-8-14/h3-10,13,21H,11-12H2,1-2H3. The molecule has 1 aliphatic rings. The molecule has 0 radical (unpaired) electrons. The maximum atomic E-state index is 13.3. The van der Waals surface area contributed by atoms with Crippen molar-refractivity contribution in [2.45, 2.75) is 12.6 Å². The van der Waals surface area contributed by atoms with E-state index in [1.807, 2.05) is 54.6 Å². The number of nitrogens with zero attached hydrogens (tertiary/aromatic N) is 3. The molecule has 1 aliphatic heterocycles. The van der Waals surface area contributed by atoms with Crippen LogP contribution in [0.1, 0.15) is 17.4 Å². The monoisotopic (exact) mass is 465 g/mol. The van der Waals surface area contributed by atoms with Crippen LogP contribution in [0.3, 0.4) is 0 Å². The van der Waals surface area contributed by atoms with Gasteiger partial charge in [-0.1, -0.05) is 58.4 Å². The fourth-order valence-corrected chi connectivity index (χ4v) is 4.80. The summed E-state index contributed by atoms with van der Waals surface area (Å²) in [7, 11) is 3.24. The molecule has 0 saturated heterocycles. The van der Waals surface area contributed by atoms with Gasteiger partial charge in [0, 0.05) is 30.7 Å². The molecule has 4 aromatic rings. The van der Waals surface area contributed by atoms with E-state index in [1.54, 1.807) is 11.6 Å². The van der Waals surface area contributed by atoms with Gasteiger partial charge in [-0.15, -0.1) is 0 Å². The van der Waals surface area contributed by atoms with Gasteiger partial charge in [0.05, 0.1) is 28.9 Å². The van der Waals surface area contributed by atoms with Crippen molar-refractivity contribution < 1.29 is 4.74 Å². The highest BCUT2D eigenvalue weighted by molar-refractivity contribution is 9.10. The molecule has 1 atom stereocenters. The molecule has 0 aliphatic carbocycles. The third-order valence-electron chi connectivity index (χ3n) is 5.75. The minimum atomic E-state index is -0.360. The topological polar surface area (TPSA) is 58.2 Å². The molecule has 2 aromatic carbocycles. The second-order valence-corrected chi connectivity index (χ2v) is 8.40. The number of hydrogen-bond acceptors (Lipinski definition) is 3. The van der Waals surface area contributed by atoms with E-state index in [0.717, 1.165) is 27.0 Å². The Kier molecular flexibility index (Phi) is 4.52. The van der Waals surface area contributed by atoms with E-state index in [-0.39, 0.29) is 17.4 Å². The van der Waals surface area contributed by atoms with Crippen LogP contribution in [0.15, 0.2) is 68.7 Å². The summed E-state index contributed by atoms with van der Waals surface area (Å²) in [5.74, 6) is 0. The summed E-state index contributed by atoms with van der Waals surface area (Å²) in [6.45, 7) is 1.12. The second-order valence-electron chi connectivity index (χ2n) is 7.49. The number of halogens is 1. The molecule has 2 aromatic heterocycles. The molecule has 1 unspecified atom stereocenters. The van der Waals surface area contributed by atoms with Gasteiger partial charge in [-0.25, -0.2) is 4.79 Å². The van der Waals surface area contributed by atoms with Crippen LogP contribution in [0, 0.1) is 0 Å². The van der Waals surface area contributed by atoms with Gasteiger partial charge in [-0.2, -0.15) is 0 Å². The van der Waals surface area contributed by atoms with Crippen molar-refractivity contribution in [3.63, 3.8) is 0 Å². The lowest BCUT2D eigenvalue weighted by molar-refractivity contribution is 0.0478. The van der Waals surface area contributed by atoms with E-state index in [0.29, 0.717) is 24.1 Å². The van der Waals surface area contributed by atoms with E-state index < -0.39 is 0 Å². The Hall–Kier alpha value is -2.90. The predicted molar refractivity (Wildman–Crippen MR) is 120 cm³/mol. The molecule has 0 spiro atoms. The van der Waals surface area contributed by atoms with Gasteiger partial charge in [-0.3, -0.25) is 13.9 Å². The van der Waals surface area contributed by atoms with Crippen molar-refractivity contribution in [2.24, 2.45) is 14.1 Å². The van der Waals surface area contributed by atoms with E-state index in [2.05, 4.69) is 20.5 Å². The van der Waals surface area contributed by atoms with Crippen LogP contribution in [-0.4, -0.2) is 20.3 Å². The first-order valence-corrected chi connectivity index (χ1v) is 10.5. The van der Waals surface area contributed by atoms with Crippen molar-refractivity contribution in [3.8, 4) is 11.3 Å². The first-order valence-electron chi connectivity index (χ1n) is 9.73. The lowest BCUT2D eigenvalue weighted by atomic mass is 10.0. The SMILES string of the molecule is Cn1c(=O)c2c(-c3cccc(Br)c3)n3c(c2n(C)c1=O)C(c1ccccc1)OCC3. The van der Waals surface area contributed by atoms with Gasteiger partial charge in [0.2, 0.25) is 0 Å². The van der Waals surface area contributed by atoms with Crippen LogP contribution >= 0.6 is 15.9 Å².